The monoisotopic (exact) mass is 293 g/mol. The second kappa shape index (κ2) is 5.52. The summed E-state index contributed by atoms with van der Waals surface area (Å²) < 4.78 is 27.7. The molecule has 0 saturated carbocycles. The van der Waals surface area contributed by atoms with Crippen molar-refractivity contribution < 1.29 is 13.5 Å². The van der Waals surface area contributed by atoms with Crippen molar-refractivity contribution >= 4 is 20.8 Å². The lowest BCUT2D eigenvalue weighted by Gasteiger charge is -2.25. The fraction of sp³-hybridized carbons (Fsp3) is 0.333. The third kappa shape index (κ3) is 3.17. The Morgan fingerprint density at radius 2 is 1.75 bits per heavy atom. The second-order valence-electron chi connectivity index (χ2n) is 5.44. The summed E-state index contributed by atoms with van der Waals surface area (Å²) >= 11 is 0. The number of sulfonamides is 1. The smallest absolute Gasteiger partial charge is 0.241 e. The number of benzene rings is 2. The molecule has 0 amide bonds. The highest BCUT2D eigenvalue weighted by Gasteiger charge is 2.26. The average Bonchev–Trinajstić information content (AvgIpc) is 2.36. The highest BCUT2D eigenvalue weighted by molar-refractivity contribution is 7.89. The molecular formula is C15H19NO3S. The minimum atomic E-state index is -3.63. The van der Waals surface area contributed by atoms with E-state index >= 15 is 0 Å². The number of fused-ring (bicyclic) bond motifs is 1. The van der Waals surface area contributed by atoms with Crippen LogP contribution >= 0.6 is 0 Å². The van der Waals surface area contributed by atoms with Gasteiger partial charge in [-0.2, -0.15) is 0 Å². The van der Waals surface area contributed by atoms with Gasteiger partial charge in [-0.25, -0.2) is 13.1 Å². The highest BCUT2D eigenvalue weighted by atomic mass is 32.2. The van der Waals surface area contributed by atoms with Gasteiger partial charge in [0.05, 0.1) is 4.90 Å². The first-order chi connectivity index (χ1) is 9.36. The molecule has 0 aliphatic carbocycles. The van der Waals surface area contributed by atoms with Crippen molar-refractivity contribution in [2.75, 3.05) is 6.61 Å². The zero-order chi connectivity index (χ0) is 14.8. The summed E-state index contributed by atoms with van der Waals surface area (Å²) in [5.41, 5.74) is -0.690. The number of nitrogens with one attached hydrogen (secondary N) is 1. The van der Waals surface area contributed by atoms with Crippen molar-refractivity contribution in [2.45, 2.75) is 30.7 Å². The lowest BCUT2D eigenvalue weighted by Crippen LogP contribution is -2.43. The van der Waals surface area contributed by atoms with E-state index in [9.17, 15) is 8.42 Å². The van der Waals surface area contributed by atoms with E-state index in [1.807, 2.05) is 24.3 Å². The fourth-order valence-corrected chi connectivity index (χ4v) is 3.85. The summed E-state index contributed by atoms with van der Waals surface area (Å²) in [6.07, 6.45) is 0.358. The summed E-state index contributed by atoms with van der Waals surface area (Å²) in [6.45, 7) is 3.45. The van der Waals surface area contributed by atoms with Gasteiger partial charge in [0.25, 0.3) is 0 Å². The fourth-order valence-electron chi connectivity index (χ4n) is 2.18. The number of hydrogen-bond acceptors (Lipinski definition) is 3. The molecule has 2 aromatic rings. The third-order valence-electron chi connectivity index (χ3n) is 3.19. The molecule has 0 unspecified atom stereocenters. The van der Waals surface area contributed by atoms with Gasteiger partial charge >= 0.3 is 0 Å². The summed E-state index contributed by atoms with van der Waals surface area (Å²) in [6, 6.07) is 12.6. The van der Waals surface area contributed by atoms with Crippen LogP contribution in [0.5, 0.6) is 0 Å². The minimum Gasteiger partial charge on any atom is -0.396 e. The van der Waals surface area contributed by atoms with E-state index in [2.05, 4.69) is 4.72 Å². The van der Waals surface area contributed by atoms with Gasteiger partial charge in [-0.15, -0.1) is 0 Å². The van der Waals surface area contributed by atoms with Crippen molar-refractivity contribution in [1.82, 2.24) is 4.72 Å². The first-order valence-corrected chi connectivity index (χ1v) is 7.97. The maximum atomic E-state index is 12.5. The summed E-state index contributed by atoms with van der Waals surface area (Å²) in [5.74, 6) is 0. The number of rotatable bonds is 5. The van der Waals surface area contributed by atoms with Crippen LogP contribution in [0.3, 0.4) is 0 Å². The lowest BCUT2D eigenvalue weighted by molar-refractivity contribution is 0.246. The van der Waals surface area contributed by atoms with Gasteiger partial charge in [-0.1, -0.05) is 36.4 Å². The quantitative estimate of drug-likeness (QED) is 0.889. The van der Waals surface area contributed by atoms with Gasteiger partial charge in [-0.3, -0.25) is 0 Å². The Morgan fingerprint density at radius 3 is 2.45 bits per heavy atom. The topological polar surface area (TPSA) is 66.4 Å². The van der Waals surface area contributed by atoms with E-state index in [1.54, 1.807) is 32.0 Å². The van der Waals surface area contributed by atoms with E-state index in [1.165, 1.54) is 0 Å². The summed E-state index contributed by atoms with van der Waals surface area (Å²) in [4.78, 5) is 0.265. The molecule has 0 fully saturated rings. The SMILES string of the molecule is CC(C)(CCO)NS(=O)(=O)c1cccc2ccccc12. The first kappa shape index (κ1) is 15.0. The largest absolute Gasteiger partial charge is 0.396 e. The van der Waals surface area contributed by atoms with Crippen LogP contribution in [-0.4, -0.2) is 25.7 Å². The van der Waals surface area contributed by atoms with E-state index in [0.717, 1.165) is 5.39 Å². The van der Waals surface area contributed by atoms with Gasteiger partial charge in [0.1, 0.15) is 0 Å². The van der Waals surface area contributed by atoms with Gasteiger partial charge in [0.15, 0.2) is 0 Å². The highest BCUT2D eigenvalue weighted by Crippen LogP contribution is 2.24. The van der Waals surface area contributed by atoms with Crippen LogP contribution < -0.4 is 4.72 Å². The van der Waals surface area contributed by atoms with Crippen molar-refractivity contribution in [3.8, 4) is 0 Å². The summed E-state index contributed by atoms with van der Waals surface area (Å²) in [7, 11) is -3.63. The first-order valence-electron chi connectivity index (χ1n) is 6.48. The normalized spacial score (nSPS) is 12.8. The van der Waals surface area contributed by atoms with E-state index in [4.69, 9.17) is 5.11 Å². The molecule has 0 aliphatic rings. The minimum absolute atomic E-state index is 0.0644. The van der Waals surface area contributed by atoms with Crippen molar-refractivity contribution in [3.05, 3.63) is 42.5 Å². The molecule has 5 heteroatoms. The van der Waals surface area contributed by atoms with E-state index < -0.39 is 15.6 Å². The Morgan fingerprint density at radius 1 is 1.10 bits per heavy atom. The molecule has 0 aliphatic heterocycles. The molecule has 108 valence electrons. The number of aliphatic hydroxyl groups is 1. The standard InChI is InChI=1S/C15H19NO3S/c1-15(2,10-11-17)16-20(18,19)14-9-5-7-12-6-3-4-8-13(12)14/h3-9,16-17H,10-11H2,1-2H3. The Balaban J connectivity index is 2.47. The molecule has 0 spiro atoms. The Kier molecular flexibility index (Phi) is 4.13. The van der Waals surface area contributed by atoms with Gasteiger partial charge < -0.3 is 5.11 Å². The van der Waals surface area contributed by atoms with Gasteiger partial charge in [0, 0.05) is 17.5 Å². The van der Waals surface area contributed by atoms with Crippen LogP contribution in [0.1, 0.15) is 20.3 Å². The van der Waals surface area contributed by atoms with E-state index in [-0.39, 0.29) is 11.5 Å². The molecule has 0 radical (unpaired) electrons. The van der Waals surface area contributed by atoms with Crippen molar-refractivity contribution in [2.24, 2.45) is 0 Å². The molecule has 2 aromatic carbocycles. The van der Waals surface area contributed by atoms with E-state index in [0.29, 0.717) is 11.8 Å². The lowest BCUT2D eigenvalue weighted by atomic mass is 10.0. The summed E-state index contributed by atoms with van der Waals surface area (Å²) in [5, 5.41) is 10.6. The van der Waals surface area contributed by atoms with Crippen LogP contribution in [0.4, 0.5) is 0 Å². The Bertz CT molecular complexity index is 703. The maximum absolute atomic E-state index is 12.5. The predicted molar refractivity (Wildman–Crippen MR) is 80.1 cm³/mol. The molecule has 20 heavy (non-hydrogen) atoms. The molecular weight excluding hydrogens is 274 g/mol. The molecule has 2 N–H and O–H groups in total. The Hall–Kier alpha value is -1.43. The molecule has 2 rings (SSSR count). The Labute approximate surface area is 119 Å². The van der Waals surface area contributed by atoms with Crippen molar-refractivity contribution in [3.63, 3.8) is 0 Å². The molecule has 0 aromatic heterocycles. The van der Waals surface area contributed by atoms with Crippen molar-refractivity contribution in [1.29, 1.82) is 0 Å². The van der Waals surface area contributed by atoms with Gasteiger partial charge in [-0.05, 0) is 31.7 Å². The molecule has 0 heterocycles. The van der Waals surface area contributed by atoms with Gasteiger partial charge in [0.2, 0.25) is 10.0 Å². The van der Waals surface area contributed by atoms with Crippen LogP contribution in [0.2, 0.25) is 0 Å². The molecule has 4 nitrogen and oxygen atoms in total. The predicted octanol–water partition coefficient (Wildman–Crippen LogP) is 2.28. The zero-order valence-electron chi connectivity index (χ0n) is 11.6. The average molecular weight is 293 g/mol. The van der Waals surface area contributed by atoms with Crippen LogP contribution in [0, 0.1) is 0 Å². The van der Waals surface area contributed by atoms with Crippen LogP contribution in [0.15, 0.2) is 47.4 Å². The zero-order valence-corrected chi connectivity index (χ0v) is 12.4. The van der Waals surface area contributed by atoms with Crippen LogP contribution in [0.25, 0.3) is 10.8 Å². The molecule has 0 atom stereocenters. The van der Waals surface area contributed by atoms with Crippen LogP contribution in [-0.2, 0) is 10.0 Å². The number of aliphatic hydroxyl groups excluding tert-OH is 1. The second-order valence-corrected chi connectivity index (χ2v) is 7.09. The molecule has 0 saturated heterocycles. The number of hydrogen-bond donors (Lipinski definition) is 2. The third-order valence-corrected chi connectivity index (χ3v) is 4.94. The maximum Gasteiger partial charge on any atom is 0.241 e. The molecule has 0 bridgehead atoms.